The number of hydrogen-bond acceptors (Lipinski definition) is 4. The van der Waals surface area contributed by atoms with Crippen LogP contribution in [0.25, 0.3) is 0 Å². The van der Waals surface area contributed by atoms with E-state index >= 15 is 0 Å². The fraction of sp³-hybridized carbons (Fsp3) is 0.484. The number of nitrogens with zero attached hydrogens (tertiary/aromatic N) is 2. The van der Waals surface area contributed by atoms with Gasteiger partial charge in [-0.15, -0.1) is 0 Å². The van der Waals surface area contributed by atoms with Crippen molar-refractivity contribution in [2.45, 2.75) is 90.3 Å². The van der Waals surface area contributed by atoms with Crippen molar-refractivity contribution in [3.63, 3.8) is 0 Å². The SMILES string of the molecule is CCCC[C@H](c1ccc(C(=O)NCCC(=O)O)cc1)N1C(=O)C(c2c(C)cccc2C)=NC12CCCCC2. The number of unbranched alkanes of at least 4 members (excludes halogenated alkanes) is 1. The molecule has 2 aromatic rings. The van der Waals surface area contributed by atoms with E-state index in [1.165, 1.54) is 0 Å². The maximum atomic E-state index is 14.3. The Morgan fingerprint density at radius 3 is 2.32 bits per heavy atom. The van der Waals surface area contributed by atoms with Gasteiger partial charge in [0.1, 0.15) is 11.4 Å². The van der Waals surface area contributed by atoms with Crippen LogP contribution in [0.5, 0.6) is 0 Å². The van der Waals surface area contributed by atoms with Crippen molar-refractivity contribution in [3.8, 4) is 0 Å². The van der Waals surface area contributed by atoms with Gasteiger partial charge in [-0.05, 0) is 74.8 Å². The third-order valence-corrected chi connectivity index (χ3v) is 7.89. The van der Waals surface area contributed by atoms with E-state index in [2.05, 4.69) is 17.1 Å². The van der Waals surface area contributed by atoms with E-state index < -0.39 is 11.6 Å². The van der Waals surface area contributed by atoms with E-state index in [4.69, 9.17) is 10.1 Å². The summed E-state index contributed by atoms with van der Waals surface area (Å²) < 4.78 is 0. The molecule has 1 aliphatic heterocycles. The average molecular weight is 518 g/mol. The molecule has 2 aromatic carbocycles. The van der Waals surface area contributed by atoms with Gasteiger partial charge in [0, 0.05) is 17.7 Å². The van der Waals surface area contributed by atoms with Crippen LogP contribution in [0.15, 0.2) is 47.5 Å². The summed E-state index contributed by atoms with van der Waals surface area (Å²) in [6.07, 6.45) is 7.66. The summed E-state index contributed by atoms with van der Waals surface area (Å²) in [6, 6.07) is 13.4. The van der Waals surface area contributed by atoms with Crippen molar-refractivity contribution < 1.29 is 19.5 Å². The molecule has 7 heteroatoms. The number of benzene rings is 2. The number of nitrogens with one attached hydrogen (secondary N) is 1. The lowest BCUT2D eigenvalue weighted by Gasteiger charge is -2.44. The zero-order valence-electron chi connectivity index (χ0n) is 22.8. The third-order valence-electron chi connectivity index (χ3n) is 7.89. The molecule has 1 spiro atoms. The zero-order chi connectivity index (χ0) is 27.3. The smallest absolute Gasteiger partial charge is 0.305 e. The number of carbonyl (C=O) groups excluding carboxylic acids is 2. The summed E-state index contributed by atoms with van der Waals surface area (Å²) in [5.41, 5.74) is 4.59. The molecule has 4 rings (SSSR count). The lowest BCUT2D eigenvalue weighted by Crippen LogP contribution is -2.50. The van der Waals surface area contributed by atoms with Gasteiger partial charge in [0.25, 0.3) is 11.8 Å². The lowest BCUT2D eigenvalue weighted by atomic mass is 9.86. The Bertz CT molecular complexity index is 1190. The molecule has 7 nitrogen and oxygen atoms in total. The second-order valence-corrected chi connectivity index (χ2v) is 10.6. The van der Waals surface area contributed by atoms with Gasteiger partial charge in [0.15, 0.2) is 0 Å². The van der Waals surface area contributed by atoms with Crippen LogP contribution in [0.2, 0.25) is 0 Å². The molecular formula is C31H39N3O4. The highest BCUT2D eigenvalue weighted by molar-refractivity contribution is 6.47. The fourth-order valence-corrected chi connectivity index (χ4v) is 5.95. The summed E-state index contributed by atoms with van der Waals surface area (Å²) in [5, 5.41) is 11.5. The molecular weight excluding hydrogens is 478 g/mol. The van der Waals surface area contributed by atoms with Crippen LogP contribution < -0.4 is 5.32 Å². The molecule has 1 fully saturated rings. The predicted octanol–water partition coefficient (Wildman–Crippen LogP) is 5.73. The van der Waals surface area contributed by atoms with E-state index in [0.717, 1.165) is 73.6 Å². The van der Waals surface area contributed by atoms with Gasteiger partial charge in [-0.25, -0.2) is 0 Å². The van der Waals surface area contributed by atoms with Crippen molar-refractivity contribution in [1.82, 2.24) is 10.2 Å². The molecule has 2 amide bonds. The molecule has 1 saturated carbocycles. The highest BCUT2D eigenvalue weighted by Crippen LogP contribution is 2.46. The minimum Gasteiger partial charge on any atom is -0.481 e. The highest BCUT2D eigenvalue weighted by Gasteiger charge is 2.51. The first-order chi connectivity index (χ1) is 18.3. The Morgan fingerprint density at radius 2 is 1.71 bits per heavy atom. The van der Waals surface area contributed by atoms with Crippen molar-refractivity contribution in [3.05, 3.63) is 70.3 Å². The molecule has 0 saturated heterocycles. The second-order valence-electron chi connectivity index (χ2n) is 10.6. The summed E-state index contributed by atoms with van der Waals surface area (Å²) in [5.74, 6) is -1.25. The number of hydrogen-bond donors (Lipinski definition) is 2. The summed E-state index contributed by atoms with van der Waals surface area (Å²) >= 11 is 0. The molecule has 1 heterocycles. The maximum absolute atomic E-state index is 14.3. The number of carboxylic acids is 1. The quantitative estimate of drug-likeness (QED) is 0.420. The van der Waals surface area contributed by atoms with Crippen LogP contribution in [-0.4, -0.2) is 45.7 Å². The topological polar surface area (TPSA) is 99.1 Å². The molecule has 0 unspecified atom stereocenters. The number of carbonyl (C=O) groups is 3. The number of rotatable bonds is 10. The van der Waals surface area contributed by atoms with E-state index in [1.807, 2.05) is 44.2 Å². The van der Waals surface area contributed by atoms with Gasteiger partial charge in [-0.3, -0.25) is 19.4 Å². The second kappa shape index (κ2) is 11.9. The van der Waals surface area contributed by atoms with Gasteiger partial charge in [-0.1, -0.05) is 56.5 Å². The Morgan fingerprint density at radius 1 is 1.05 bits per heavy atom. The van der Waals surface area contributed by atoms with Gasteiger partial charge in [0.2, 0.25) is 0 Å². The van der Waals surface area contributed by atoms with Gasteiger partial charge in [-0.2, -0.15) is 0 Å². The molecule has 1 atom stereocenters. The Hall–Kier alpha value is -3.48. The first-order valence-corrected chi connectivity index (χ1v) is 13.9. The van der Waals surface area contributed by atoms with Crippen molar-refractivity contribution in [1.29, 1.82) is 0 Å². The third kappa shape index (κ3) is 5.66. The van der Waals surface area contributed by atoms with Gasteiger partial charge in [0.05, 0.1) is 12.5 Å². The standard InChI is InChI=1S/C31H39N3O4/c1-4-5-12-25(23-13-15-24(16-14-23)29(37)32-20-17-26(35)36)34-30(38)28(27-21(2)10-9-11-22(27)3)33-31(34)18-7-6-8-19-31/h9-11,13-16,25H,4-8,12,17-20H2,1-3H3,(H,32,37)(H,35,36)/t25-/m1/s1. The molecule has 0 radical (unpaired) electrons. The first kappa shape index (κ1) is 27.6. The van der Waals surface area contributed by atoms with Crippen LogP contribution in [0.1, 0.15) is 103 Å². The fourth-order valence-electron chi connectivity index (χ4n) is 5.95. The average Bonchev–Trinajstić information content (AvgIpc) is 3.15. The van der Waals surface area contributed by atoms with E-state index in [9.17, 15) is 14.4 Å². The molecule has 38 heavy (non-hydrogen) atoms. The maximum Gasteiger partial charge on any atom is 0.305 e. The van der Waals surface area contributed by atoms with Gasteiger partial charge >= 0.3 is 5.97 Å². The van der Waals surface area contributed by atoms with Crippen LogP contribution in [0.4, 0.5) is 0 Å². The monoisotopic (exact) mass is 517 g/mol. The number of amides is 2. The van der Waals surface area contributed by atoms with Crippen LogP contribution in [0.3, 0.4) is 0 Å². The number of aliphatic imine (C=N–C) groups is 1. The van der Waals surface area contributed by atoms with Crippen LogP contribution >= 0.6 is 0 Å². The summed E-state index contributed by atoms with van der Waals surface area (Å²) in [7, 11) is 0. The summed E-state index contributed by atoms with van der Waals surface area (Å²) in [6.45, 7) is 6.33. The van der Waals surface area contributed by atoms with Crippen LogP contribution in [0, 0.1) is 13.8 Å². The molecule has 2 aliphatic rings. The van der Waals surface area contributed by atoms with Crippen molar-refractivity contribution in [2.24, 2.45) is 4.99 Å². The molecule has 2 N–H and O–H groups in total. The molecule has 0 aromatic heterocycles. The van der Waals surface area contributed by atoms with Gasteiger partial charge < -0.3 is 15.3 Å². The number of carboxylic acid groups (broad SMARTS) is 1. The highest BCUT2D eigenvalue weighted by atomic mass is 16.4. The number of aryl methyl sites for hydroxylation is 2. The Balaban J connectivity index is 1.69. The number of aliphatic carboxylic acids is 1. The minimum atomic E-state index is -0.950. The van der Waals surface area contributed by atoms with E-state index in [-0.39, 0.29) is 30.8 Å². The molecule has 1 aliphatic carbocycles. The zero-order valence-corrected chi connectivity index (χ0v) is 22.8. The molecule has 0 bridgehead atoms. The van der Waals surface area contributed by atoms with Crippen molar-refractivity contribution in [2.75, 3.05) is 6.54 Å². The Labute approximate surface area is 225 Å². The van der Waals surface area contributed by atoms with Crippen molar-refractivity contribution >= 4 is 23.5 Å². The molecule has 202 valence electrons. The predicted molar refractivity (Wildman–Crippen MR) is 148 cm³/mol. The lowest BCUT2D eigenvalue weighted by molar-refractivity contribution is -0.137. The minimum absolute atomic E-state index is 0.000827. The van der Waals surface area contributed by atoms with Crippen LogP contribution in [-0.2, 0) is 9.59 Å². The Kier molecular flexibility index (Phi) is 8.65. The normalized spacial score (nSPS) is 17.4. The first-order valence-electron chi connectivity index (χ1n) is 13.9. The summed E-state index contributed by atoms with van der Waals surface area (Å²) in [4.78, 5) is 44.9. The van der Waals surface area contributed by atoms with E-state index in [1.54, 1.807) is 12.1 Å². The largest absolute Gasteiger partial charge is 0.481 e. The van der Waals surface area contributed by atoms with E-state index in [0.29, 0.717) is 11.3 Å².